The summed E-state index contributed by atoms with van der Waals surface area (Å²) in [5.41, 5.74) is 6.42. The average Bonchev–Trinajstić information content (AvgIpc) is 2.53. The normalized spacial score (nSPS) is 29.6. The van der Waals surface area contributed by atoms with E-state index in [0.29, 0.717) is 18.6 Å². The van der Waals surface area contributed by atoms with Gasteiger partial charge >= 0.3 is 0 Å². The van der Waals surface area contributed by atoms with Crippen LogP contribution in [-0.2, 0) is 11.2 Å². The summed E-state index contributed by atoms with van der Waals surface area (Å²) < 4.78 is 31.2. The van der Waals surface area contributed by atoms with Crippen LogP contribution in [-0.4, -0.2) is 18.2 Å². The van der Waals surface area contributed by atoms with E-state index in [9.17, 15) is 8.78 Å². The fourth-order valence-corrected chi connectivity index (χ4v) is 2.06. The molecule has 2 rings (SSSR count). The van der Waals surface area contributed by atoms with Crippen LogP contribution in [0.5, 0.6) is 0 Å². The SMILES string of the molecule is CC1OCCC1(N)Cc1ccc(F)c(F)c1. The molecule has 2 unspecified atom stereocenters. The Morgan fingerprint density at radius 1 is 1.44 bits per heavy atom. The molecule has 1 fully saturated rings. The number of hydrogen-bond donors (Lipinski definition) is 1. The summed E-state index contributed by atoms with van der Waals surface area (Å²) in [6, 6.07) is 3.90. The third kappa shape index (κ3) is 2.08. The molecule has 0 bridgehead atoms. The molecule has 1 aromatic carbocycles. The van der Waals surface area contributed by atoms with Crippen molar-refractivity contribution in [3.63, 3.8) is 0 Å². The van der Waals surface area contributed by atoms with Crippen molar-refractivity contribution in [2.24, 2.45) is 5.73 Å². The fourth-order valence-electron chi connectivity index (χ4n) is 2.06. The molecule has 1 aliphatic rings. The molecule has 0 aromatic heterocycles. The Hall–Kier alpha value is -1.00. The van der Waals surface area contributed by atoms with Crippen LogP contribution in [0, 0.1) is 11.6 Å². The van der Waals surface area contributed by atoms with Crippen molar-refractivity contribution in [1.82, 2.24) is 0 Å². The van der Waals surface area contributed by atoms with Gasteiger partial charge in [0.15, 0.2) is 11.6 Å². The molecule has 1 aromatic rings. The van der Waals surface area contributed by atoms with Gasteiger partial charge in [0.2, 0.25) is 0 Å². The van der Waals surface area contributed by atoms with Gasteiger partial charge in [-0.3, -0.25) is 0 Å². The van der Waals surface area contributed by atoms with E-state index in [1.807, 2.05) is 6.92 Å². The molecule has 0 radical (unpaired) electrons. The van der Waals surface area contributed by atoms with E-state index in [1.165, 1.54) is 6.07 Å². The lowest BCUT2D eigenvalue weighted by molar-refractivity contribution is 0.0955. The minimum atomic E-state index is -0.828. The van der Waals surface area contributed by atoms with Gasteiger partial charge in [0.05, 0.1) is 6.10 Å². The maximum absolute atomic E-state index is 13.0. The predicted molar refractivity (Wildman–Crippen MR) is 57.0 cm³/mol. The topological polar surface area (TPSA) is 35.2 Å². The van der Waals surface area contributed by atoms with Gasteiger partial charge in [-0.1, -0.05) is 6.07 Å². The van der Waals surface area contributed by atoms with E-state index in [1.54, 1.807) is 6.07 Å². The summed E-state index contributed by atoms with van der Waals surface area (Å²) in [6.07, 6.45) is 1.19. The molecular weight excluding hydrogens is 212 g/mol. The van der Waals surface area contributed by atoms with Crippen LogP contribution < -0.4 is 5.73 Å². The van der Waals surface area contributed by atoms with Crippen LogP contribution >= 0.6 is 0 Å². The molecular formula is C12H15F2NO. The first kappa shape index (κ1) is 11.5. The van der Waals surface area contributed by atoms with Crippen LogP contribution in [0.2, 0.25) is 0 Å². The van der Waals surface area contributed by atoms with Crippen molar-refractivity contribution < 1.29 is 13.5 Å². The monoisotopic (exact) mass is 227 g/mol. The fraction of sp³-hybridized carbons (Fsp3) is 0.500. The molecule has 88 valence electrons. The van der Waals surface area contributed by atoms with Crippen molar-refractivity contribution in [2.45, 2.75) is 31.4 Å². The summed E-state index contributed by atoms with van der Waals surface area (Å²) in [4.78, 5) is 0. The molecule has 0 saturated carbocycles. The van der Waals surface area contributed by atoms with E-state index < -0.39 is 17.2 Å². The summed E-state index contributed by atoms with van der Waals surface area (Å²) >= 11 is 0. The maximum atomic E-state index is 13.0. The highest BCUT2D eigenvalue weighted by atomic mass is 19.2. The summed E-state index contributed by atoms with van der Waals surface area (Å²) in [5, 5.41) is 0. The number of nitrogens with two attached hydrogens (primary N) is 1. The molecule has 1 aliphatic heterocycles. The maximum Gasteiger partial charge on any atom is 0.159 e. The lowest BCUT2D eigenvalue weighted by Crippen LogP contribution is -2.48. The molecule has 0 amide bonds. The highest BCUT2D eigenvalue weighted by molar-refractivity contribution is 5.21. The zero-order chi connectivity index (χ0) is 11.8. The van der Waals surface area contributed by atoms with Gasteiger partial charge in [-0.05, 0) is 37.5 Å². The summed E-state index contributed by atoms with van der Waals surface area (Å²) in [7, 11) is 0. The van der Waals surface area contributed by atoms with Crippen LogP contribution in [0.3, 0.4) is 0 Å². The van der Waals surface area contributed by atoms with Crippen LogP contribution in [0.1, 0.15) is 18.9 Å². The highest BCUT2D eigenvalue weighted by Gasteiger charge is 2.37. The second-order valence-electron chi connectivity index (χ2n) is 4.42. The Morgan fingerprint density at radius 2 is 2.19 bits per heavy atom. The van der Waals surface area contributed by atoms with Crippen molar-refractivity contribution in [2.75, 3.05) is 6.61 Å². The Kier molecular flexibility index (Phi) is 2.95. The minimum absolute atomic E-state index is 0.0550. The van der Waals surface area contributed by atoms with Crippen molar-refractivity contribution >= 4 is 0 Å². The van der Waals surface area contributed by atoms with Crippen LogP contribution in [0.4, 0.5) is 8.78 Å². The largest absolute Gasteiger partial charge is 0.377 e. The summed E-state index contributed by atoms with van der Waals surface area (Å²) in [6.45, 7) is 2.54. The second-order valence-corrected chi connectivity index (χ2v) is 4.42. The quantitative estimate of drug-likeness (QED) is 0.838. The molecule has 4 heteroatoms. The zero-order valence-corrected chi connectivity index (χ0v) is 9.17. The summed E-state index contributed by atoms with van der Waals surface area (Å²) in [5.74, 6) is -1.65. The molecule has 0 aliphatic carbocycles. The van der Waals surface area contributed by atoms with Gasteiger partial charge in [0.25, 0.3) is 0 Å². The molecule has 2 N–H and O–H groups in total. The van der Waals surface area contributed by atoms with Crippen LogP contribution in [0.15, 0.2) is 18.2 Å². The minimum Gasteiger partial charge on any atom is -0.377 e. The first-order valence-electron chi connectivity index (χ1n) is 5.36. The number of halogens is 2. The van der Waals surface area contributed by atoms with Crippen molar-refractivity contribution in [1.29, 1.82) is 0 Å². The molecule has 1 heterocycles. The van der Waals surface area contributed by atoms with Gasteiger partial charge in [0.1, 0.15) is 0 Å². The number of rotatable bonds is 2. The third-order valence-corrected chi connectivity index (χ3v) is 3.26. The number of hydrogen-bond acceptors (Lipinski definition) is 2. The highest BCUT2D eigenvalue weighted by Crippen LogP contribution is 2.27. The van der Waals surface area contributed by atoms with E-state index in [2.05, 4.69) is 0 Å². The second kappa shape index (κ2) is 4.11. The smallest absolute Gasteiger partial charge is 0.159 e. The lowest BCUT2D eigenvalue weighted by atomic mass is 9.86. The van der Waals surface area contributed by atoms with E-state index in [0.717, 1.165) is 12.5 Å². The van der Waals surface area contributed by atoms with Crippen molar-refractivity contribution in [3.8, 4) is 0 Å². The van der Waals surface area contributed by atoms with E-state index in [-0.39, 0.29) is 6.10 Å². The van der Waals surface area contributed by atoms with Gasteiger partial charge < -0.3 is 10.5 Å². The predicted octanol–water partition coefficient (Wildman–Crippen LogP) is 2.01. The van der Waals surface area contributed by atoms with Crippen molar-refractivity contribution in [3.05, 3.63) is 35.4 Å². The first-order valence-corrected chi connectivity index (χ1v) is 5.36. The first-order chi connectivity index (χ1) is 7.51. The van der Waals surface area contributed by atoms with E-state index in [4.69, 9.17) is 10.5 Å². The Morgan fingerprint density at radius 3 is 2.75 bits per heavy atom. The van der Waals surface area contributed by atoms with Gasteiger partial charge in [-0.25, -0.2) is 8.78 Å². The third-order valence-electron chi connectivity index (χ3n) is 3.26. The van der Waals surface area contributed by atoms with Gasteiger partial charge in [-0.15, -0.1) is 0 Å². The molecule has 16 heavy (non-hydrogen) atoms. The number of ether oxygens (including phenoxy) is 1. The molecule has 0 spiro atoms. The Bertz CT molecular complexity index is 397. The molecule has 1 saturated heterocycles. The average molecular weight is 227 g/mol. The number of benzene rings is 1. The van der Waals surface area contributed by atoms with E-state index >= 15 is 0 Å². The molecule has 2 nitrogen and oxygen atoms in total. The molecule has 2 atom stereocenters. The Labute approximate surface area is 93.4 Å². The Balaban J connectivity index is 2.17. The van der Waals surface area contributed by atoms with Gasteiger partial charge in [-0.2, -0.15) is 0 Å². The zero-order valence-electron chi connectivity index (χ0n) is 9.17. The lowest BCUT2D eigenvalue weighted by Gasteiger charge is -2.27. The standard InChI is InChI=1S/C12H15F2NO/c1-8-12(15,4-5-16-8)7-9-2-3-10(13)11(14)6-9/h2-3,6,8H,4-5,7,15H2,1H3. The van der Waals surface area contributed by atoms with Crippen LogP contribution in [0.25, 0.3) is 0 Å². The van der Waals surface area contributed by atoms with Gasteiger partial charge in [0, 0.05) is 12.1 Å².